The number of alkyl halides is 3. The van der Waals surface area contributed by atoms with E-state index >= 15 is 0 Å². The van der Waals surface area contributed by atoms with E-state index in [9.17, 15) is 22.8 Å². The second kappa shape index (κ2) is 13.0. The number of carbonyl (C=O) groups is 2. The first-order valence-electron chi connectivity index (χ1n) is 15.6. The van der Waals surface area contributed by atoms with Gasteiger partial charge in [0.15, 0.2) is 5.70 Å². The van der Waals surface area contributed by atoms with E-state index in [4.69, 9.17) is 16.6 Å². The lowest BCUT2D eigenvalue weighted by molar-refractivity contribution is -0.129. The molecule has 0 saturated heterocycles. The topological polar surface area (TPSA) is 89.6 Å². The quantitative estimate of drug-likeness (QED) is 0.293. The molecule has 2 aromatic carbocycles. The van der Waals surface area contributed by atoms with Crippen molar-refractivity contribution in [3.63, 3.8) is 0 Å². The first kappa shape index (κ1) is 32.6. The Bertz CT molecular complexity index is 1730. The van der Waals surface area contributed by atoms with Crippen molar-refractivity contribution in [2.45, 2.75) is 57.2 Å². The molecule has 4 heterocycles. The first-order chi connectivity index (χ1) is 22.4. The van der Waals surface area contributed by atoms with Crippen LogP contribution in [0.5, 0.6) is 0 Å². The Morgan fingerprint density at radius 1 is 1.02 bits per heavy atom. The van der Waals surface area contributed by atoms with Gasteiger partial charge in [0.2, 0.25) is 11.8 Å². The van der Waals surface area contributed by atoms with Gasteiger partial charge in [-0.25, -0.2) is 0 Å². The van der Waals surface area contributed by atoms with Gasteiger partial charge >= 0.3 is 6.18 Å². The maximum atomic E-state index is 13.9. The predicted molar refractivity (Wildman–Crippen MR) is 175 cm³/mol. The lowest BCUT2D eigenvalue weighted by Gasteiger charge is -2.36. The van der Waals surface area contributed by atoms with Crippen LogP contribution in [0, 0.1) is 5.92 Å². The summed E-state index contributed by atoms with van der Waals surface area (Å²) < 4.78 is 40.0. The van der Waals surface area contributed by atoms with Crippen LogP contribution in [0.25, 0.3) is 5.57 Å². The number of carbonyl (C=O) groups excluding carboxylic acids is 2. The van der Waals surface area contributed by atoms with E-state index in [2.05, 4.69) is 35.3 Å². The van der Waals surface area contributed by atoms with Crippen LogP contribution in [0.15, 0.2) is 84.8 Å². The maximum absolute atomic E-state index is 13.9. The molecule has 1 aromatic heterocycles. The Morgan fingerprint density at radius 2 is 1.81 bits per heavy atom. The fourth-order valence-electron chi connectivity index (χ4n) is 6.54. The molecule has 0 aliphatic carbocycles. The second-order valence-corrected chi connectivity index (χ2v) is 12.9. The average Bonchev–Trinajstić information content (AvgIpc) is 3.57. The summed E-state index contributed by atoms with van der Waals surface area (Å²) in [6.07, 6.45) is 2.11. The standard InChI is InChI=1S/C35H36ClF3N6O2/c1-22-7-6-10-30(28-18-25(13-15-40-28)34(2,21-41-33(22)47)24-8-4-3-5-9-24)44-16-14-23(17-32(44)46)27-19-26(36)11-12-29(27)45-20-31(42-43-45)35(37,38)39/h3-5,8-9,11-13,15,17-20,22,30,42-43H,6-7,10,14,16,21H2,1-2H3,(H,41,47)/t22-,30+,34?/m1/s1. The molecule has 12 heteroatoms. The van der Waals surface area contributed by atoms with Crippen LogP contribution >= 0.6 is 11.6 Å². The van der Waals surface area contributed by atoms with E-state index in [-0.39, 0.29) is 23.8 Å². The summed E-state index contributed by atoms with van der Waals surface area (Å²) in [5.41, 5.74) is 7.65. The van der Waals surface area contributed by atoms with Crippen molar-refractivity contribution in [3.8, 4) is 0 Å². The van der Waals surface area contributed by atoms with Crippen molar-refractivity contribution in [2.24, 2.45) is 5.92 Å². The van der Waals surface area contributed by atoms with Crippen molar-refractivity contribution in [3.05, 3.63) is 112 Å². The Kier molecular flexibility index (Phi) is 9.04. The summed E-state index contributed by atoms with van der Waals surface area (Å²) >= 11 is 6.34. The number of anilines is 1. The Morgan fingerprint density at radius 3 is 2.53 bits per heavy atom. The Balaban J connectivity index is 1.34. The number of hydrogen-bond donors (Lipinski definition) is 3. The van der Waals surface area contributed by atoms with Gasteiger partial charge in [-0.15, -0.1) is 5.53 Å². The molecule has 0 spiro atoms. The molecule has 0 radical (unpaired) electrons. The maximum Gasteiger partial charge on any atom is 0.433 e. The molecule has 0 saturated carbocycles. The number of hydrogen-bond acceptors (Lipinski definition) is 6. The third-order valence-electron chi connectivity index (χ3n) is 9.37. The highest BCUT2D eigenvalue weighted by atomic mass is 35.5. The lowest BCUT2D eigenvalue weighted by atomic mass is 9.75. The zero-order chi connectivity index (χ0) is 33.3. The van der Waals surface area contributed by atoms with Gasteiger partial charge in [0, 0.05) is 47.3 Å². The van der Waals surface area contributed by atoms with E-state index in [0.717, 1.165) is 23.0 Å². The monoisotopic (exact) mass is 664 g/mol. The normalized spacial score (nSPS) is 24.0. The second-order valence-electron chi connectivity index (χ2n) is 12.5. The van der Waals surface area contributed by atoms with E-state index in [0.29, 0.717) is 60.6 Å². The van der Waals surface area contributed by atoms with E-state index < -0.39 is 17.3 Å². The fraction of sp³-hybridized carbons (Fsp3) is 0.343. The van der Waals surface area contributed by atoms with Crippen LogP contribution in [0.4, 0.5) is 18.9 Å². The molecule has 6 rings (SSSR count). The van der Waals surface area contributed by atoms with Gasteiger partial charge in [-0.1, -0.05) is 55.3 Å². The minimum Gasteiger partial charge on any atom is -0.355 e. The smallest absolute Gasteiger partial charge is 0.355 e. The van der Waals surface area contributed by atoms with Crippen LogP contribution in [0.2, 0.25) is 5.02 Å². The zero-order valence-corrected chi connectivity index (χ0v) is 26.8. The molecule has 1 unspecified atom stereocenters. The van der Waals surface area contributed by atoms with Gasteiger partial charge in [0.05, 0.1) is 23.6 Å². The largest absolute Gasteiger partial charge is 0.433 e. The number of halogens is 4. The van der Waals surface area contributed by atoms with Gasteiger partial charge in [0.1, 0.15) is 0 Å². The number of aromatic nitrogens is 1. The third-order valence-corrected chi connectivity index (χ3v) is 9.60. The number of fused-ring (bicyclic) bond motifs is 2. The van der Waals surface area contributed by atoms with Crippen LogP contribution < -0.4 is 21.3 Å². The highest BCUT2D eigenvalue weighted by molar-refractivity contribution is 6.31. The molecule has 2 amide bonds. The van der Waals surface area contributed by atoms with E-state index in [1.54, 1.807) is 30.5 Å². The number of nitrogens with zero attached hydrogens (tertiary/aromatic N) is 3. The van der Waals surface area contributed by atoms with Crippen molar-refractivity contribution in [1.29, 1.82) is 0 Å². The van der Waals surface area contributed by atoms with Gasteiger partial charge < -0.3 is 10.2 Å². The van der Waals surface area contributed by atoms with Gasteiger partial charge in [-0.3, -0.25) is 25.0 Å². The number of amides is 2. The molecule has 2 bridgehead atoms. The molecular weight excluding hydrogens is 629 g/mol. The van der Waals surface area contributed by atoms with Crippen molar-refractivity contribution in [2.75, 3.05) is 18.1 Å². The summed E-state index contributed by atoms with van der Waals surface area (Å²) in [6.45, 7) is 4.81. The zero-order valence-electron chi connectivity index (χ0n) is 26.1. The molecule has 0 fully saturated rings. The molecule has 47 heavy (non-hydrogen) atoms. The minimum atomic E-state index is -4.56. The molecular formula is C35H36ClF3N6O2. The highest BCUT2D eigenvalue weighted by Gasteiger charge is 2.38. The van der Waals surface area contributed by atoms with Crippen molar-refractivity contribution in [1.82, 2.24) is 26.2 Å². The lowest BCUT2D eigenvalue weighted by Crippen LogP contribution is -2.42. The van der Waals surface area contributed by atoms with Gasteiger partial charge in [-0.05, 0) is 73.2 Å². The average molecular weight is 665 g/mol. The minimum absolute atomic E-state index is 0.00241. The SMILES string of the molecule is C[C@@H]1CCC[C@H](N2CCC(c3cc(Cl)ccc3N3C=C(C(F)(F)F)NN3)=CC2=O)c2cc(ccn2)C(C)(c2ccccc2)CNC1=O. The fourth-order valence-corrected chi connectivity index (χ4v) is 6.71. The molecule has 8 nitrogen and oxygen atoms in total. The summed E-state index contributed by atoms with van der Waals surface area (Å²) in [4.78, 5) is 33.6. The number of benzene rings is 2. The summed E-state index contributed by atoms with van der Waals surface area (Å²) in [5.74, 6) is -0.429. The Labute approximate surface area is 276 Å². The number of hydrazine groups is 2. The van der Waals surface area contributed by atoms with Crippen LogP contribution in [0.1, 0.15) is 68.0 Å². The molecule has 246 valence electrons. The molecule has 3 aromatic rings. The predicted octanol–water partition coefficient (Wildman–Crippen LogP) is 6.57. The molecule has 3 aliphatic rings. The number of allylic oxidation sites excluding steroid dienone is 1. The van der Waals surface area contributed by atoms with E-state index in [1.165, 1.54) is 5.01 Å². The Hall–Kier alpha value is -4.35. The number of rotatable bonds is 4. The molecule has 3 N–H and O–H groups in total. The number of pyridine rings is 1. The summed E-state index contributed by atoms with van der Waals surface area (Å²) in [6, 6.07) is 18.6. The molecule has 3 atom stereocenters. The highest BCUT2D eigenvalue weighted by Crippen LogP contribution is 2.39. The summed E-state index contributed by atoms with van der Waals surface area (Å²) in [7, 11) is 0. The first-order valence-corrected chi connectivity index (χ1v) is 16.0. The van der Waals surface area contributed by atoms with Crippen molar-refractivity contribution < 1.29 is 22.8 Å². The third kappa shape index (κ3) is 6.73. The molecule has 3 aliphatic heterocycles. The van der Waals surface area contributed by atoms with Crippen LogP contribution in [0.3, 0.4) is 0 Å². The number of nitrogens with one attached hydrogen (secondary N) is 3. The van der Waals surface area contributed by atoms with Crippen LogP contribution in [-0.4, -0.2) is 41.0 Å². The van der Waals surface area contributed by atoms with Gasteiger partial charge in [-0.2, -0.15) is 13.2 Å². The summed E-state index contributed by atoms with van der Waals surface area (Å²) in [5, 5.41) is 4.80. The van der Waals surface area contributed by atoms with Gasteiger partial charge in [0.25, 0.3) is 0 Å². The van der Waals surface area contributed by atoms with E-state index in [1.807, 2.05) is 42.2 Å². The van der Waals surface area contributed by atoms with Crippen molar-refractivity contribution >= 4 is 34.7 Å². The van der Waals surface area contributed by atoms with Crippen LogP contribution in [-0.2, 0) is 15.0 Å².